The van der Waals surface area contributed by atoms with Gasteiger partial charge < -0.3 is 51.9 Å². The Bertz CT molecular complexity index is 4500. The van der Waals surface area contributed by atoms with Gasteiger partial charge >= 0.3 is 18.1 Å². The van der Waals surface area contributed by atoms with E-state index in [1.165, 1.54) is 27.2 Å². The normalized spacial score (nSPS) is 19.6. The smallest absolute Gasteiger partial charge is 0.344 e. The second-order valence-electron chi connectivity index (χ2n) is 26.4. The van der Waals surface area contributed by atoms with Crippen LogP contribution in [0.1, 0.15) is 46.7 Å². The zero-order valence-electron chi connectivity index (χ0n) is 62.2. The number of rotatable bonds is 23. The molecule has 3 fully saturated rings. The van der Waals surface area contributed by atoms with Crippen LogP contribution in [0.4, 0.5) is 14.4 Å². The van der Waals surface area contributed by atoms with Crippen LogP contribution < -0.4 is 32.2 Å². The number of Topliss-reactive ketones (excluding diaryl/α,β-unsaturated/α-hetero) is 1. The molecule has 8 aliphatic heterocycles. The lowest BCUT2D eigenvalue weighted by Crippen LogP contribution is -2.46. The Labute approximate surface area is 645 Å². The lowest BCUT2D eigenvalue weighted by Gasteiger charge is -2.31. The average molecular weight is 1520 g/mol. The summed E-state index contributed by atoms with van der Waals surface area (Å²) in [7, 11) is 1.91. The summed E-state index contributed by atoms with van der Waals surface area (Å²) in [6.45, 7) is 21.1. The molecule has 8 aliphatic rings. The van der Waals surface area contributed by atoms with Gasteiger partial charge in [0, 0.05) is 93.3 Å². The van der Waals surface area contributed by atoms with Crippen molar-refractivity contribution in [2.24, 2.45) is 0 Å². The Kier molecular flexibility index (Phi) is 27.7. The van der Waals surface area contributed by atoms with Crippen molar-refractivity contribution in [2.45, 2.75) is 37.1 Å². The zero-order valence-corrected chi connectivity index (χ0v) is 63.1. The van der Waals surface area contributed by atoms with E-state index in [1.807, 2.05) is 66.4 Å². The van der Waals surface area contributed by atoms with E-state index in [-0.39, 0.29) is 54.1 Å². The van der Waals surface area contributed by atoms with E-state index in [0.717, 1.165) is 54.0 Å². The minimum absolute atomic E-state index is 0.0702. The molecule has 5 unspecified atom stereocenters. The maximum Gasteiger partial charge on any atom is 0.344 e. The van der Waals surface area contributed by atoms with Crippen LogP contribution in [-0.4, -0.2) is 219 Å². The van der Waals surface area contributed by atoms with E-state index < -0.39 is 7.26 Å². The first kappa shape index (κ1) is 78.8. The summed E-state index contributed by atoms with van der Waals surface area (Å²) in [5.74, 6) is 5.51. The van der Waals surface area contributed by atoms with Gasteiger partial charge in [0.15, 0.2) is 5.78 Å². The van der Waals surface area contributed by atoms with Crippen LogP contribution in [0, 0.1) is 0 Å². The van der Waals surface area contributed by atoms with Crippen molar-refractivity contribution in [3.05, 3.63) is 299 Å². The number of carbonyl (C=O) groups is 4. The van der Waals surface area contributed by atoms with Gasteiger partial charge in [-0.1, -0.05) is 121 Å². The predicted octanol–water partition coefficient (Wildman–Crippen LogP) is 10.5. The largest absolute Gasteiger partial charge is 0.445 e. The van der Waals surface area contributed by atoms with Crippen molar-refractivity contribution in [3.63, 3.8) is 0 Å². The van der Waals surface area contributed by atoms with Gasteiger partial charge in [0.05, 0.1) is 113 Å². The molecule has 27 nitrogen and oxygen atoms in total. The maximum atomic E-state index is 12.5. The summed E-state index contributed by atoms with van der Waals surface area (Å²) in [6.07, 6.45) is 33.2. The fourth-order valence-corrected chi connectivity index (χ4v) is 17.4. The van der Waals surface area contributed by atoms with Gasteiger partial charge in [-0.3, -0.25) is 24.2 Å². The number of carbonyl (C=O) groups excluding carboxylic acids is 4. The molecule has 17 rings (SSSR count). The van der Waals surface area contributed by atoms with Crippen molar-refractivity contribution in [3.8, 4) is 0 Å². The van der Waals surface area contributed by atoms with Gasteiger partial charge in [-0.15, -0.1) is 19.7 Å². The molecule has 0 aliphatic carbocycles. The molecule has 0 saturated carbocycles. The number of nitrogens with zero attached hydrogens (tertiary/aromatic N) is 12. The fourth-order valence-electron chi connectivity index (χ4n) is 13.6. The van der Waals surface area contributed by atoms with Crippen LogP contribution in [0.2, 0.25) is 0 Å². The average Bonchev–Trinajstić information content (AvgIpc) is 1.64. The number of hydroxylamine groups is 4. The molecule has 6 amide bonds. The number of likely N-dealkylation sites (N-methyl/N-ethyl adjacent to an activating group) is 2. The Balaban J connectivity index is 0.000000125. The molecule has 0 spiro atoms. The zero-order chi connectivity index (χ0) is 77.3. The number of aromatic nitrogens is 5. The first-order valence-corrected chi connectivity index (χ1v) is 38.3. The molecule has 3 saturated heterocycles. The molecular formula is C83H91N15O12P+. The Morgan fingerprint density at radius 2 is 0.883 bits per heavy atom. The molecule has 0 radical (unpaired) electrons. The molecule has 28 heteroatoms. The number of allylic oxidation sites excluding steroid dienone is 1. The number of fused-ring (bicyclic) bond motifs is 6. The lowest BCUT2D eigenvalue weighted by atomic mass is 10.0. The minimum atomic E-state index is -1.73. The van der Waals surface area contributed by atoms with Crippen molar-refractivity contribution in [1.29, 1.82) is 0 Å². The van der Waals surface area contributed by atoms with Crippen LogP contribution >= 0.6 is 7.26 Å². The highest BCUT2D eigenvalue weighted by atomic mass is 31.2. The second kappa shape index (κ2) is 39.0. The van der Waals surface area contributed by atoms with Crippen molar-refractivity contribution in [2.75, 3.05) is 106 Å². The van der Waals surface area contributed by atoms with Gasteiger partial charge in [-0.2, -0.15) is 16.0 Å². The summed E-state index contributed by atoms with van der Waals surface area (Å²) >= 11 is 0. The summed E-state index contributed by atoms with van der Waals surface area (Å²) in [5.41, 5.74) is 11.5. The summed E-state index contributed by atoms with van der Waals surface area (Å²) in [5, 5.41) is 8.83. The molecule has 13 heterocycles. The van der Waals surface area contributed by atoms with Crippen LogP contribution in [0.25, 0.3) is 27.9 Å². The SMILES string of the molecule is C/C=C/[P+](c1ccccc1)(c1ccccc1)c1ccccc1.C=CCON1C(=O)N2CC(c3ncco3)=CC1C2.C=CCONC1C=C(c2ncco2)CN(CC(=O)c2ccccc2)C1.C=CCONC1C=C(c2ncco2)CNC1.CN1C(=O)N2CC(c3ncco3)=CC1C2.CN1C(=O)N2CC(c3ncco3)=CC1C2. The van der Waals surface area contributed by atoms with Gasteiger partial charge in [-0.05, 0) is 61.5 Å². The number of hydrogen-bond acceptors (Lipinski definition) is 21. The second-order valence-corrected chi connectivity index (χ2v) is 29.7. The van der Waals surface area contributed by atoms with Crippen molar-refractivity contribution >= 4 is 74.9 Å². The van der Waals surface area contributed by atoms with Crippen molar-refractivity contribution < 1.29 is 55.8 Å². The lowest BCUT2D eigenvalue weighted by molar-refractivity contribution is -0.107. The van der Waals surface area contributed by atoms with Gasteiger partial charge in [0.2, 0.25) is 29.5 Å². The summed E-state index contributed by atoms with van der Waals surface area (Å²) < 4.78 is 26.4. The van der Waals surface area contributed by atoms with E-state index in [4.69, 9.17) is 36.6 Å². The molecule has 3 N–H and O–H groups in total. The highest BCUT2D eigenvalue weighted by molar-refractivity contribution is 7.98. The summed E-state index contributed by atoms with van der Waals surface area (Å²) in [4.78, 5) is 95.3. The monoisotopic (exact) mass is 1520 g/mol. The standard InChI is InChI=1S/C21H20P.C19H21N3O3.C12H13N3O3.C11H15N3O2.2C10H11N3O2/c1-2-18-22(19-12-6-3-7-13-19,20-14-8-4-9-15-20)21-16-10-5-11-17-21;1-2-9-25-21-17-11-16(19-20-8-10-24-19)12-22(13-17)14-18(23)15-6-4-3-5-7-15;1-2-4-18-15-10-6-9(11-13-3-5-17-11)7-14(8-10)12(15)16;1-2-4-16-14-10-6-9(7-12-8-10)11-13-3-5-15-11;2*1-12-8-4-7(9-11-2-3-15-9)5-13(6-8)10(12)14/h2-18H,1H3;2-8,10-11,17,21H,1,9,12-14H2;2-3,5-6,10H,1,4,7-8H2;2-3,5-6,10,12,14H,1,4,7-8H2;2*2-4,8H,5-6H2,1H3/q+1;;;;;/b18-2+;;;;;. The molecular weight excluding hydrogens is 1430 g/mol. The highest BCUT2D eigenvalue weighted by Crippen LogP contribution is 2.56. The number of urea groups is 3. The third kappa shape index (κ3) is 20.0. The first-order valence-electron chi connectivity index (χ1n) is 36.4. The van der Waals surface area contributed by atoms with Gasteiger partial charge in [0.1, 0.15) is 54.5 Å². The van der Waals surface area contributed by atoms with Crippen LogP contribution in [0.3, 0.4) is 0 Å². The number of nitrogens with one attached hydrogen (secondary N) is 3. The summed E-state index contributed by atoms with van der Waals surface area (Å²) in [6, 6.07) is 42.3. The minimum Gasteiger partial charge on any atom is -0.445 e. The van der Waals surface area contributed by atoms with Crippen LogP contribution in [0.15, 0.2) is 286 Å². The Morgan fingerprint density at radius 3 is 1.30 bits per heavy atom. The molecule has 574 valence electrons. The van der Waals surface area contributed by atoms with Gasteiger partial charge in [0.25, 0.3) is 0 Å². The maximum absolute atomic E-state index is 12.5. The number of amides is 6. The number of oxazole rings is 5. The molecule has 111 heavy (non-hydrogen) atoms. The van der Waals surface area contributed by atoms with E-state index in [1.54, 1.807) is 89.0 Å². The highest BCUT2D eigenvalue weighted by Gasteiger charge is 2.45. The van der Waals surface area contributed by atoms with Crippen LogP contribution in [-0.2, 0) is 14.5 Å². The number of ketones is 1. The molecule has 5 atom stereocenters. The van der Waals surface area contributed by atoms with E-state index in [2.05, 4.69) is 194 Å². The molecule has 9 aromatic rings. The topological polar surface area (TPSA) is 285 Å². The quantitative estimate of drug-likeness (QED) is 0.0176. The first-order chi connectivity index (χ1) is 54.3. The Hall–Kier alpha value is -11.8. The molecule has 6 bridgehead atoms. The van der Waals surface area contributed by atoms with E-state index >= 15 is 0 Å². The van der Waals surface area contributed by atoms with E-state index in [0.29, 0.717) is 101 Å². The third-order valence-electron chi connectivity index (χ3n) is 18.8. The number of benzene rings is 4. The predicted molar refractivity (Wildman–Crippen MR) is 424 cm³/mol. The molecule has 4 aromatic carbocycles. The van der Waals surface area contributed by atoms with Gasteiger partial charge in [-0.25, -0.2) is 39.3 Å². The number of hydrogen-bond donors (Lipinski definition) is 3. The van der Waals surface area contributed by atoms with Crippen LogP contribution in [0.5, 0.6) is 0 Å². The van der Waals surface area contributed by atoms with Crippen molar-refractivity contribution in [1.82, 2.24) is 75.7 Å². The molecule has 5 aromatic heterocycles. The third-order valence-corrected chi connectivity index (χ3v) is 22.9. The Morgan fingerprint density at radius 1 is 0.495 bits per heavy atom. The van der Waals surface area contributed by atoms with E-state index in [9.17, 15) is 19.2 Å². The fraction of sp³-hybridized carbons (Fsp3) is 0.265.